The fourth-order valence-corrected chi connectivity index (χ4v) is 3.16. The van der Waals surface area contributed by atoms with Gasteiger partial charge in [-0.15, -0.1) is 0 Å². The molecule has 1 aromatic carbocycles. The molecule has 0 saturated carbocycles. The first kappa shape index (κ1) is 18.1. The number of benzene rings is 1. The van der Waals surface area contributed by atoms with Crippen LogP contribution in [-0.4, -0.2) is 54.5 Å². The highest BCUT2D eigenvalue weighted by Gasteiger charge is 2.35. The van der Waals surface area contributed by atoms with Gasteiger partial charge < -0.3 is 9.80 Å². The van der Waals surface area contributed by atoms with Crippen LogP contribution in [0.2, 0.25) is 0 Å². The fraction of sp³-hybridized carbons (Fsp3) is 0.381. The Hall–Kier alpha value is -2.69. The van der Waals surface area contributed by atoms with E-state index in [2.05, 4.69) is 18.8 Å². The van der Waals surface area contributed by atoms with Gasteiger partial charge in [0.05, 0.1) is 0 Å². The highest BCUT2D eigenvalue weighted by atomic mass is 16.2. The van der Waals surface area contributed by atoms with Crippen molar-refractivity contribution in [3.8, 4) is 0 Å². The standard InChI is InChI=1S/C21H25N3O2/c1-14(2)9-11-24-13-18(17-8-10-22-19(17)21(24)26)15-6-5-7-16(12-15)20(25)23(3)4/h5-8,10,12-14,19H,9,11H2,1-4H3. The first-order chi connectivity index (χ1) is 12.4. The molecule has 1 aromatic rings. The van der Waals surface area contributed by atoms with Crippen LogP contribution in [0.25, 0.3) is 5.57 Å². The number of fused-ring (bicyclic) bond motifs is 1. The summed E-state index contributed by atoms with van der Waals surface area (Å²) in [6, 6.07) is 7.10. The maximum Gasteiger partial charge on any atom is 0.255 e. The van der Waals surface area contributed by atoms with E-state index in [4.69, 9.17) is 0 Å². The van der Waals surface area contributed by atoms with Crippen molar-refractivity contribution in [2.24, 2.45) is 10.9 Å². The zero-order valence-electron chi connectivity index (χ0n) is 15.8. The molecule has 0 fully saturated rings. The van der Waals surface area contributed by atoms with Crippen molar-refractivity contribution in [3.05, 3.63) is 53.2 Å². The van der Waals surface area contributed by atoms with Gasteiger partial charge in [0.15, 0.2) is 6.04 Å². The molecule has 1 unspecified atom stereocenters. The molecule has 3 rings (SSSR count). The van der Waals surface area contributed by atoms with Gasteiger partial charge in [0, 0.05) is 44.2 Å². The molecule has 0 bridgehead atoms. The molecule has 0 spiro atoms. The van der Waals surface area contributed by atoms with E-state index in [9.17, 15) is 9.59 Å². The summed E-state index contributed by atoms with van der Waals surface area (Å²) in [4.78, 5) is 32.7. The Morgan fingerprint density at radius 1 is 1.31 bits per heavy atom. The average Bonchev–Trinajstić information content (AvgIpc) is 3.10. The third kappa shape index (κ3) is 3.47. The lowest BCUT2D eigenvalue weighted by Gasteiger charge is -2.30. The highest BCUT2D eigenvalue weighted by Crippen LogP contribution is 2.35. The van der Waals surface area contributed by atoms with E-state index >= 15 is 0 Å². The van der Waals surface area contributed by atoms with Crippen LogP contribution in [0.3, 0.4) is 0 Å². The number of hydrogen-bond acceptors (Lipinski definition) is 3. The van der Waals surface area contributed by atoms with Crippen LogP contribution in [0.15, 0.2) is 47.1 Å². The third-order valence-electron chi connectivity index (χ3n) is 4.67. The Kier molecular flexibility index (Phi) is 5.07. The Morgan fingerprint density at radius 3 is 2.77 bits per heavy atom. The van der Waals surface area contributed by atoms with E-state index in [0.29, 0.717) is 18.0 Å². The molecule has 0 aromatic heterocycles. The predicted octanol–water partition coefficient (Wildman–Crippen LogP) is 3.00. The van der Waals surface area contributed by atoms with Crippen molar-refractivity contribution in [2.75, 3.05) is 20.6 Å². The lowest BCUT2D eigenvalue weighted by atomic mass is 9.89. The summed E-state index contributed by atoms with van der Waals surface area (Å²) in [7, 11) is 3.48. The molecule has 0 N–H and O–H groups in total. The molecule has 26 heavy (non-hydrogen) atoms. The van der Waals surface area contributed by atoms with Gasteiger partial charge in [-0.2, -0.15) is 0 Å². The Bertz CT molecular complexity index is 818. The second-order valence-electron chi connectivity index (χ2n) is 7.36. The molecule has 2 amide bonds. The summed E-state index contributed by atoms with van der Waals surface area (Å²) in [5, 5.41) is 0. The van der Waals surface area contributed by atoms with Crippen LogP contribution in [0, 0.1) is 5.92 Å². The summed E-state index contributed by atoms with van der Waals surface area (Å²) < 4.78 is 0. The van der Waals surface area contributed by atoms with Crippen molar-refractivity contribution >= 4 is 23.6 Å². The topological polar surface area (TPSA) is 53.0 Å². The van der Waals surface area contributed by atoms with Crippen molar-refractivity contribution in [3.63, 3.8) is 0 Å². The first-order valence-electron chi connectivity index (χ1n) is 8.96. The Morgan fingerprint density at radius 2 is 2.08 bits per heavy atom. The fourth-order valence-electron chi connectivity index (χ4n) is 3.16. The number of rotatable bonds is 5. The quantitative estimate of drug-likeness (QED) is 0.819. The second-order valence-corrected chi connectivity index (χ2v) is 7.36. The molecule has 1 atom stereocenters. The van der Waals surface area contributed by atoms with Gasteiger partial charge in [0.25, 0.3) is 11.8 Å². The van der Waals surface area contributed by atoms with Crippen molar-refractivity contribution < 1.29 is 9.59 Å². The SMILES string of the molecule is CC(C)CCN1C=C(c2cccc(C(=O)N(C)C)c2)C2=CC=NC2C1=O. The normalized spacial score (nSPS) is 18.7. The number of carbonyl (C=O) groups excluding carboxylic acids is 2. The number of aliphatic imine (C=N–C) groups is 1. The molecular formula is C21H25N3O2. The molecular weight excluding hydrogens is 326 g/mol. The predicted molar refractivity (Wildman–Crippen MR) is 104 cm³/mol. The summed E-state index contributed by atoms with van der Waals surface area (Å²) in [6.07, 6.45) is 6.45. The largest absolute Gasteiger partial charge is 0.345 e. The van der Waals surface area contributed by atoms with E-state index in [-0.39, 0.29) is 11.8 Å². The number of hydrogen-bond donors (Lipinski definition) is 0. The zero-order chi connectivity index (χ0) is 18.8. The summed E-state index contributed by atoms with van der Waals surface area (Å²) >= 11 is 0. The minimum atomic E-state index is -0.463. The smallest absolute Gasteiger partial charge is 0.255 e. The molecule has 0 saturated heterocycles. The molecule has 5 heteroatoms. The lowest BCUT2D eigenvalue weighted by Crippen LogP contribution is -2.39. The molecule has 136 valence electrons. The van der Waals surface area contributed by atoms with Gasteiger partial charge >= 0.3 is 0 Å². The van der Waals surface area contributed by atoms with Gasteiger partial charge in [-0.25, -0.2) is 0 Å². The Labute approximate surface area is 154 Å². The van der Waals surface area contributed by atoms with Crippen LogP contribution in [0.5, 0.6) is 0 Å². The highest BCUT2D eigenvalue weighted by molar-refractivity contribution is 6.04. The monoisotopic (exact) mass is 351 g/mol. The van der Waals surface area contributed by atoms with Gasteiger partial charge in [-0.05, 0) is 41.7 Å². The van der Waals surface area contributed by atoms with Crippen LogP contribution in [-0.2, 0) is 4.79 Å². The first-order valence-corrected chi connectivity index (χ1v) is 8.96. The van der Waals surface area contributed by atoms with Crippen molar-refractivity contribution in [1.29, 1.82) is 0 Å². The van der Waals surface area contributed by atoms with Crippen molar-refractivity contribution in [2.45, 2.75) is 26.3 Å². The van der Waals surface area contributed by atoms with Crippen LogP contribution in [0.4, 0.5) is 0 Å². The van der Waals surface area contributed by atoms with Crippen molar-refractivity contribution in [1.82, 2.24) is 9.80 Å². The lowest BCUT2D eigenvalue weighted by molar-refractivity contribution is -0.129. The molecule has 0 aliphatic carbocycles. The van der Waals surface area contributed by atoms with Crippen LogP contribution in [0.1, 0.15) is 36.2 Å². The number of amides is 2. The maximum absolute atomic E-state index is 12.7. The summed E-state index contributed by atoms with van der Waals surface area (Å²) in [5.41, 5.74) is 3.44. The summed E-state index contributed by atoms with van der Waals surface area (Å²) in [5.74, 6) is 0.504. The Balaban J connectivity index is 1.99. The molecule has 5 nitrogen and oxygen atoms in total. The minimum Gasteiger partial charge on any atom is -0.345 e. The van der Waals surface area contributed by atoms with E-state index in [0.717, 1.165) is 23.1 Å². The van der Waals surface area contributed by atoms with E-state index in [1.807, 2.05) is 36.5 Å². The number of carbonyl (C=O) groups is 2. The molecule has 2 aliphatic heterocycles. The molecule has 2 aliphatic rings. The van der Waals surface area contributed by atoms with Gasteiger partial charge in [0.2, 0.25) is 0 Å². The number of allylic oxidation sites excluding steroid dienone is 1. The van der Waals surface area contributed by atoms with Gasteiger partial charge in [0.1, 0.15) is 0 Å². The van der Waals surface area contributed by atoms with Crippen LogP contribution < -0.4 is 0 Å². The summed E-state index contributed by atoms with van der Waals surface area (Å²) in [6.45, 7) is 4.97. The maximum atomic E-state index is 12.7. The van der Waals surface area contributed by atoms with Crippen LogP contribution >= 0.6 is 0 Å². The van der Waals surface area contributed by atoms with E-state index in [1.54, 1.807) is 30.1 Å². The number of nitrogens with zero attached hydrogens (tertiary/aromatic N) is 3. The molecule has 0 radical (unpaired) electrons. The van der Waals surface area contributed by atoms with Gasteiger partial charge in [-0.3, -0.25) is 14.6 Å². The third-order valence-corrected chi connectivity index (χ3v) is 4.67. The van der Waals surface area contributed by atoms with E-state index in [1.165, 1.54) is 0 Å². The van der Waals surface area contributed by atoms with E-state index < -0.39 is 6.04 Å². The van der Waals surface area contributed by atoms with Gasteiger partial charge in [-0.1, -0.05) is 26.0 Å². The zero-order valence-corrected chi connectivity index (χ0v) is 15.8. The second kappa shape index (κ2) is 7.28. The minimum absolute atomic E-state index is 0.0231. The average molecular weight is 351 g/mol. The molecule has 2 heterocycles.